The molecule has 0 amide bonds. The molecule has 0 saturated carbocycles. The third-order valence-electron chi connectivity index (χ3n) is 0.496. The predicted octanol–water partition coefficient (Wildman–Crippen LogP) is 0.764. The minimum atomic E-state index is 0. The monoisotopic (exact) mass is 141 g/mol. The Bertz CT molecular complexity index is 72.5. The first-order valence-corrected chi connectivity index (χ1v) is 1.58. The van der Waals surface area contributed by atoms with Gasteiger partial charge in [-0.25, -0.2) is 0 Å². The molecule has 8 heavy (non-hydrogen) atoms. The highest BCUT2D eigenvalue weighted by molar-refractivity contribution is 5.85. The summed E-state index contributed by atoms with van der Waals surface area (Å²) in [6.45, 7) is 0. The highest BCUT2D eigenvalue weighted by Gasteiger charge is 1.55. The number of aromatic amines is 1. The zero-order valence-electron chi connectivity index (χ0n) is 4.13. The van der Waals surface area contributed by atoms with Crippen LogP contribution in [-0.4, -0.2) is 10.5 Å². The second kappa shape index (κ2) is 9.68. The van der Waals surface area contributed by atoms with E-state index < -0.39 is 0 Å². The standard InChI is InChI=1S/C4H5N.ClH.FH.H2O/c1-2-4-5-3-1;;;/h1-5H;2*1H;1H2. The maximum atomic E-state index is 2.86. The zero-order chi connectivity index (χ0) is 3.54. The Hall–Kier alpha value is -0.540. The molecule has 2 nitrogen and oxygen atoms in total. The van der Waals surface area contributed by atoms with Crippen LogP contribution >= 0.6 is 12.4 Å². The van der Waals surface area contributed by atoms with E-state index in [0.717, 1.165) is 0 Å². The van der Waals surface area contributed by atoms with Crippen molar-refractivity contribution in [1.29, 1.82) is 0 Å². The molecule has 4 heteroatoms. The lowest BCUT2D eigenvalue weighted by Gasteiger charge is -1.49. The van der Waals surface area contributed by atoms with Crippen molar-refractivity contribution in [1.82, 2.24) is 4.98 Å². The van der Waals surface area contributed by atoms with E-state index in [9.17, 15) is 0 Å². The summed E-state index contributed by atoms with van der Waals surface area (Å²) in [5.74, 6) is 0. The van der Waals surface area contributed by atoms with Gasteiger partial charge in [0.15, 0.2) is 0 Å². The lowest BCUT2D eigenvalue weighted by atomic mass is 10.7. The van der Waals surface area contributed by atoms with Crippen LogP contribution in [0.1, 0.15) is 0 Å². The first-order valence-electron chi connectivity index (χ1n) is 1.58. The molecule has 0 aliphatic rings. The van der Waals surface area contributed by atoms with E-state index in [1.54, 1.807) is 0 Å². The molecule has 0 aliphatic carbocycles. The quantitative estimate of drug-likeness (QED) is 0.555. The summed E-state index contributed by atoms with van der Waals surface area (Å²) in [6, 6.07) is 3.89. The number of nitrogens with one attached hydrogen (secondary N) is 1. The van der Waals surface area contributed by atoms with Gasteiger partial charge in [-0.3, -0.25) is 4.70 Å². The van der Waals surface area contributed by atoms with Gasteiger partial charge in [-0.05, 0) is 12.1 Å². The van der Waals surface area contributed by atoms with Gasteiger partial charge in [0.05, 0.1) is 0 Å². The van der Waals surface area contributed by atoms with E-state index in [1.807, 2.05) is 24.5 Å². The van der Waals surface area contributed by atoms with Crippen molar-refractivity contribution in [3.8, 4) is 0 Å². The van der Waals surface area contributed by atoms with Gasteiger partial charge < -0.3 is 10.5 Å². The van der Waals surface area contributed by atoms with E-state index >= 15 is 0 Å². The smallest absolute Gasteiger partial charge is 0.000496 e. The fourth-order valence-electron chi connectivity index (χ4n) is 0.278. The van der Waals surface area contributed by atoms with E-state index in [2.05, 4.69) is 4.98 Å². The average Bonchev–Trinajstić information content (AvgIpc) is 1.76. The van der Waals surface area contributed by atoms with Gasteiger partial charge in [-0.1, -0.05) is 0 Å². The summed E-state index contributed by atoms with van der Waals surface area (Å²) in [5, 5.41) is 0. The Morgan fingerprint density at radius 2 is 1.38 bits per heavy atom. The Kier molecular flexibility index (Phi) is 18.9. The van der Waals surface area contributed by atoms with Crippen LogP contribution in [-0.2, 0) is 0 Å². The molecule has 0 aromatic carbocycles. The first-order chi connectivity index (χ1) is 2.50. The Balaban J connectivity index is -0.0000000833. The predicted molar refractivity (Wildman–Crippen MR) is 34.2 cm³/mol. The highest BCUT2D eigenvalue weighted by atomic mass is 35.5. The van der Waals surface area contributed by atoms with Crippen LogP contribution in [0.15, 0.2) is 24.5 Å². The molecule has 0 bridgehead atoms. The number of halogens is 2. The Morgan fingerprint density at radius 3 is 1.50 bits per heavy atom. The summed E-state index contributed by atoms with van der Waals surface area (Å²) in [6.07, 6.45) is 3.75. The molecule has 1 rings (SSSR count). The number of hydrogen-bond donors (Lipinski definition) is 1. The molecule has 0 fully saturated rings. The van der Waals surface area contributed by atoms with Crippen molar-refractivity contribution < 1.29 is 10.2 Å². The molecule has 1 aromatic heterocycles. The molecular formula is C4H9ClFNO. The second-order valence-electron chi connectivity index (χ2n) is 0.885. The van der Waals surface area contributed by atoms with E-state index in [0.29, 0.717) is 0 Å². The van der Waals surface area contributed by atoms with Crippen LogP contribution in [0.5, 0.6) is 0 Å². The van der Waals surface area contributed by atoms with Gasteiger partial charge in [0.2, 0.25) is 0 Å². The minimum Gasteiger partial charge on any atom is -0.412 e. The van der Waals surface area contributed by atoms with E-state index in [1.165, 1.54) is 0 Å². The molecule has 0 unspecified atom stereocenters. The number of rotatable bonds is 0. The van der Waals surface area contributed by atoms with Gasteiger partial charge >= 0.3 is 0 Å². The van der Waals surface area contributed by atoms with Gasteiger partial charge in [-0.15, -0.1) is 12.4 Å². The summed E-state index contributed by atoms with van der Waals surface area (Å²) in [7, 11) is 0. The Labute approximate surface area is 53.0 Å². The summed E-state index contributed by atoms with van der Waals surface area (Å²) < 4.78 is 0. The van der Waals surface area contributed by atoms with Crippen LogP contribution < -0.4 is 0 Å². The molecule has 0 aliphatic heterocycles. The molecule has 0 saturated heterocycles. The number of H-pyrrole nitrogens is 1. The molecule has 1 heterocycles. The van der Waals surface area contributed by atoms with Crippen LogP contribution in [0.2, 0.25) is 0 Å². The average molecular weight is 142 g/mol. The first kappa shape index (κ1) is 15.7. The summed E-state index contributed by atoms with van der Waals surface area (Å²) >= 11 is 0. The third kappa shape index (κ3) is 5.46. The minimum absolute atomic E-state index is 0. The molecule has 50 valence electrons. The van der Waals surface area contributed by atoms with Crippen LogP contribution in [0, 0.1) is 0 Å². The fourth-order valence-corrected chi connectivity index (χ4v) is 0.278. The summed E-state index contributed by atoms with van der Waals surface area (Å²) in [5.41, 5.74) is 0. The van der Waals surface area contributed by atoms with Crippen molar-refractivity contribution >= 4 is 12.4 Å². The molecule has 0 spiro atoms. The maximum absolute atomic E-state index is 2.86. The summed E-state index contributed by atoms with van der Waals surface area (Å²) in [4.78, 5) is 2.86. The third-order valence-corrected chi connectivity index (χ3v) is 0.496. The lowest BCUT2D eigenvalue weighted by molar-refractivity contribution is 0.824. The zero-order valence-corrected chi connectivity index (χ0v) is 4.94. The topological polar surface area (TPSA) is 47.3 Å². The fraction of sp³-hybridized carbons (Fsp3) is 0. The lowest BCUT2D eigenvalue weighted by Crippen LogP contribution is -1.38. The van der Waals surface area contributed by atoms with Crippen molar-refractivity contribution in [2.24, 2.45) is 0 Å². The molecular weight excluding hydrogens is 133 g/mol. The van der Waals surface area contributed by atoms with Crippen molar-refractivity contribution in [3.63, 3.8) is 0 Å². The molecule has 0 radical (unpaired) electrons. The van der Waals surface area contributed by atoms with Crippen molar-refractivity contribution in [2.75, 3.05) is 0 Å². The SMILES string of the molecule is Cl.F.O.c1cc[nH]c1. The van der Waals surface area contributed by atoms with Gasteiger partial charge in [0, 0.05) is 12.4 Å². The number of aromatic nitrogens is 1. The normalized spacial score (nSPS) is 5.00. The molecule has 3 N–H and O–H groups in total. The van der Waals surface area contributed by atoms with Gasteiger partial charge in [0.25, 0.3) is 0 Å². The maximum Gasteiger partial charge on any atom is 0.000496 e. The molecule has 1 aromatic rings. The van der Waals surface area contributed by atoms with Gasteiger partial charge in [-0.2, -0.15) is 0 Å². The molecule has 0 atom stereocenters. The number of hydrogen-bond acceptors (Lipinski definition) is 0. The largest absolute Gasteiger partial charge is 0.412 e. The van der Waals surface area contributed by atoms with Crippen LogP contribution in [0.25, 0.3) is 0 Å². The van der Waals surface area contributed by atoms with Gasteiger partial charge in [0.1, 0.15) is 0 Å². The van der Waals surface area contributed by atoms with Crippen LogP contribution in [0.3, 0.4) is 0 Å². The second-order valence-corrected chi connectivity index (χ2v) is 0.885. The van der Waals surface area contributed by atoms with Crippen molar-refractivity contribution in [3.05, 3.63) is 24.5 Å². The van der Waals surface area contributed by atoms with E-state index in [-0.39, 0.29) is 22.6 Å². The van der Waals surface area contributed by atoms with Crippen LogP contribution in [0.4, 0.5) is 4.70 Å². The van der Waals surface area contributed by atoms with E-state index in [4.69, 9.17) is 0 Å². The van der Waals surface area contributed by atoms with Crippen molar-refractivity contribution in [2.45, 2.75) is 0 Å². The highest BCUT2D eigenvalue weighted by Crippen LogP contribution is 1.72. The Morgan fingerprint density at radius 1 is 1.00 bits per heavy atom.